The van der Waals surface area contributed by atoms with Gasteiger partial charge in [0.1, 0.15) is 16.9 Å². The zero-order valence-electron chi connectivity index (χ0n) is 16.7. The van der Waals surface area contributed by atoms with Gasteiger partial charge in [-0.1, -0.05) is 30.3 Å². The number of nitrogens with zero attached hydrogens (tertiary/aromatic N) is 2. The van der Waals surface area contributed by atoms with Gasteiger partial charge in [-0.25, -0.2) is 0 Å². The molecule has 5 heteroatoms. The lowest BCUT2D eigenvalue weighted by Gasteiger charge is -2.33. The number of benzene rings is 2. The average Bonchev–Trinajstić information content (AvgIpc) is 3.01. The van der Waals surface area contributed by atoms with Gasteiger partial charge in [-0.15, -0.1) is 0 Å². The van der Waals surface area contributed by atoms with Crippen molar-refractivity contribution in [2.75, 3.05) is 46.9 Å². The number of fused-ring (bicyclic) bond motifs is 1. The van der Waals surface area contributed by atoms with E-state index in [2.05, 4.69) is 16.8 Å². The summed E-state index contributed by atoms with van der Waals surface area (Å²) >= 11 is 0. The summed E-state index contributed by atoms with van der Waals surface area (Å²) in [5.41, 5.74) is 1.14. The maximum atomic E-state index is 13.2. The summed E-state index contributed by atoms with van der Waals surface area (Å²) in [5, 5.41) is 0. The smallest absolute Gasteiger partial charge is 0.326 e. The summed E-state index contributed by atoms with van der Waals surface area (Å²) in [4.78, 5) is 18.0. The fourth-order valence-corrected chi connectivity index (χ4v) is 4.37. The number of rotatable bonds is 6. The van der Waals surface area contributed by atoms with Gasteiger partial charge < -0.3 is 19.3 Å². The van der Waals surface area contributed by atoms with Crippen molar-refractivity contribution in [3.05, 3.63) is 59.7 Å². The topological polar surface area (TPSA) is 42.0 Å². The van der Waals surface area contributed by atoms with E-state index in [0.717, 1.165) is 62.4 Å². The Morgan fingerprint density at radius 1 is 1.07 bits per heavy atom. The highest BCUT2D eigenvalue weighted by Gasteiger charge is 2.50. The fourth-order valence-electron chi connectivity index (χ4n) is 4.37. The molecule has 0 amide bonds. The van der Waals surface area contributed by atoms with Gasteiger partial charge in [0, 0.05) is 31.7 Å². The molecule has 0 bridgehead atoms. The Balaban J connectivity index is 1.63. The van der Waals surface area contributed by atoms with Gasteiger partial charge in [0.2, 0.25) is 0 Å². The molecule has 1 unspecified atom stereocenters. The zero-order valence-corrected chi connectivity index (χ0v) is 16.7. The maximum absolute atomic E-state index is 13.2. The largest absolute Gasteiger partial charge is 0.497 e. The standard InChI is InChI=1S/C23H28N2O3/c1-24-13-15-25(16-14-24)12-6-11-23(18-7-4-3-5-8-18)20-17-19(27-2)9-10-21(20)28-22(23)26/h3-5,7-10,17H,6,11-16H2,1-2H3. The number of methoxy groups -OCH3 is 1. The van der Waals surface area contributed by atoms with E-state index in [9.17, 15) is 4.79 Å². The minimum Gasteiger partial charge on any atom is -0.497 e. The molecule has 0 spiro atoms. The van der Waals surface area contributed by atoms with Crippen molar-refractivity contribution in [1.82, 2.24) is 9.80 Å². The van der Waals surface area contributed by atoms with Crippen molar-refractivity contribution in [2.24, 2.45) is 0 Å². The molecule has 2 aliphatic rings. The second-order valence-electron chi connectivity index (χ2n) is 7.77. The van der Waals surface area contributed by atoms with Crippen LogP contribution in [0.2, 0.25) is 0 Å². The molecular weight excluding hydrogens is 352 g/mol. The number of ether oxygens (including phenoxy) is 2. The predicted molar refractivity (Wildman–Crippen MR) is 109 cm³/mol. The maximum Gasteiger partial charge on any atom is 0.326 e. The van der Waals surface area contributed by atoms with Crippen LogP contribution in [0, 0.1) is 0 Å². The molecule has 2 aromatic carbocycles. The van der Waals surface area contributed by atoms with Crippen LogP contribution in [0.4, 0.5) is 0 Å². The molecule has 0 radical (unpaired) electrons. The monoisotopic (exact) mass is 380 g/mol. The number of hydrogen-bond acceptors (Lipinski definition) is 5. The quantitative estimate of drug-likeness (QED) is 0.569. The van der Waals surface area contributed by atoms with Gasteiger partial charge in [-0.05, 0) is 50.2 Å². The summed E-state index contributed by atoms with van der Waals surface area (Å²) in [6.45, 7) is 5.38. The number of carbonyl (C=O) groups excluding carboxylic acids is 1. The van der Waals surface area contributed by atoms with Gasteiger partial charge >= 0.3 is 5.97 Å². The van der Waals surface area contributed by atoms with Crippen molar-refractivity contribution < 1.29 is 14.3 Å². The van der Waals surface area contributed by atoms with Gasteiger partial charge in [0.05, 0.1) is 7.11 Å². The van der Waals surface area contributed by atoms with E-state index in [4.69, 9.17) is 9.47 Å². The molecule has 1 atom stereocenters. The summed E-state index contributed by atoms with van der Waals surface area (Å²) in [6, 6.07) is 15.7. The van der Waals surface area contributed by atoms with Crippen LogP contribution in [0.25, 0.3) is 0 Å². The highest BCUT2D eigenvalue weighted by Crippen LogP contribution is 2.48. The lowest BCUT2D eigenvalue weighted by Crippen LogP contribution is -2.45. The molecule has 28 heavy (non-hydrogen) atoms. The molecule has 1 saturated heterocycles. The van der Waals surface area contributed by atoms with Crippen LogP contribution >= 0.6 is 0 Å². The first-order valence-corrected chi connectivity index (χ1v) is 10.0. The lowest BCUT2D eigenvalue weighted by atomic mass is 9.72. The average molecular weight is 380 g/mol. The molecule has 148 valence electrons. The van der Waals surface area contributed by atoms with Gasteiger partial charge in [-0.2, -0.15) is 0 Å². The zero-order chi connectivity index (χ0) is 19.6. The Bertz CT molecular complexity index is 831. The third kappa shape index (κ3) is 3.40. The van der Waals surface area contributed by atoms with E-state index < -0.39 is 5.41 Å². The first kappa shape index (κ1) is 19.0. The predicted octanol–water partition coefficient (Wildman–Crippen LogP) is 2.93. The van der Waals surface area contributed by atoms with Crippen molar-refractivity contribution in [2.45, 2.75) is 18.3 Å². The highest BCUT2D eigenvalue weighted by molar-refractivity contribution is 5.94. The van der Waals surface area contributed by atoms with E-state index >= 15 is 0 Å². The van der Waals surface area contributed by atoms with Crippen molar-refractivity contribution in [3.63, 3.8) is 0 Å². The molecule has 2 aromatic rings. The Morgan fingerprint density at radius 2 is 1.82 bits per heavy atom. The second-order valence-corrected chi connectivity index (χ2v) is 7.77. The molecule has 1 fully saturated rings. The number of esters is 1. The summed E-state index contributed by atoms with van der Waals surface area (Å²) in [6.07, 6.45) is 1.66. The summed E-state index contributed by atoms with van der Waals surface area (Å²) in [7, 11) is 3.82. The Morgan fingerprint density at radius 3 is 2.54 bits per heavy atom. The minimum atomic E-state index is -0.766. The van der Waals surface area contributed by atoms with Crippen molar-refractivity contribution >= 4 is 5.97 Å². The van der Waals surface area contributed by atoms with E-state index in [1.54, 1.807) is 7.11 Å². The first-order chi connectivity index (χ1) is 13.6. The van der Waals surface area contributed by atoms with Gasteiger partial charge in [0.25, 0.3) is 0 Å². The number of piperazine rings is 1. The Hall–Kier alpha value is -2.37. The van der Waals surface area contributed by atoms with Crippen LogP contribution in [0.3, 0.4) is 0 Å². The number of carbonyl (C=O) groups is 1. The molecule has 4 rings (SSSR count). The lowest BCUT2D eigenvalue weighted by molar-refractivity contribution is -0.137. The Labute approximate surface area is 166 Å². The van der Waals surface area contributed by atoms with Crippen LogP contribution in [0.15, 0.2) is 48.5 Å². The van der Waals surface area contributed by atoms with Crippen molar-refractivity contribution in [3.8, 4) is 11.5 Å². The van der Waals surface area contributed by atoms with E-state index in [1.165, 1.54) is 0 Å². The van der Waals surface area contributed by atoms with Crippen LogP contribution in [0.1, 0.15) is 24.0 Å². The van der Waals surface area contributed by atoms with E-state index in [0.29, 0.717) is 5.75 Å². The number of hydrogen-bond donors (Lipinski definition) is 0. The normalized spacial score (nSPS) is 22.7. The molecule has 2 heterocycles. The molecular formula is C23H28N2O3. The number of likely N-dealkylation sites (N-methyl/N-ethyl adjacent to an activating group) is 1. The SMILES string of the molecule is COc1ccc2c(c1)C(CCCN1CCN(C)CC1)(c1ccccc1)C(=O)O2. The summed E-state index contributed by atoms with van der Waals surface area (Å²) in [5.74, 6) is 1.21. The van der Waals surface area contributed by atoms with Gasteiger partial charge in [-0.3, -0.25) is 4.79 Å². The fraction of sp³-hybridized carbons (Fsp3) is 0.435. The highest BCUT2D eigenvalue weighted by atomic mass is 16.5. The van der Waals surface area contributed by atoms with E-state index in [-0.39, 0.29) is 5.97 Å². The minimum absolute atomic E-state index is 0.180. The van der Waals surface area contributed by atoms with Crippen LogP contribution in [0.5, 0.6) is 11.5 Å². The molecule has 2 aliphatic heterocycles. The van der Waals surface area contributed by atoms with Crippen LogP contribution in [-0.4, -0.2) is 62.7 Å². The van der Waals surface area contributed by atoms with Gasteiger partial charge in [0.15, 0.2) is 0 Å². The molecule has 5 nitrogen and oxygen atoms in total. The third-order valence-electron chi connectivity index (χ3n) is 6.09. The first-order valence-electron chi connectivity index (χ1n) is 10.0. The molecule has 0 N–H and O–H groups in total. The molecule has 0 aromatic heterocycles. The van der Waals surface area contributed by atoms with Crippen LogP contribution in [-0.2, 0) is 10.2 Å². The second kappa shape index (κ2) is 7.94. The Kier molecular flexibility index (Phi) is 5.38. The summed E-state index contributed by atoms with van der Waals surface area (Å²) < 4.78 is 11.2. The molecule has 0 aliphatic carbocycles. The molecule has 0 saturated carbocycles. The van der Waals surface area contributed by atoms with E-state index in [1.807, 2.05) is 48.5 Å². The van der Waals surface area contributed by atoms with Crippen molar-refractivity contribution in [1.29, 1.82) is 0 Å². The van der Waals surface area contributed by atoms with Crippen LogP contribution < -0.4 is 9.47 Å². The third-order valence-corrected chi connectivity index (χ3v) is 6.09.